The molecule has 2 rings (SSSR count). The highest BCUT2D eigenvalue weighted by atomic mass is 32.2. The lowest BCUT2D eigenvalue weighted by atomic mass is 10.0. The van der Waals surface area contributed by atoms with Crippen molar-refractivity contribution in [3.05, 3.63) is 35.9 Å². The molecule has 5 nitrogen and oxygen atoms in total. The fourth-order valence-corrected chi connectivity index (χ4v) is 2.93. The van der Waals surface area contributed by atoms with E-state index in [1.54, 1.807) is 26.0 Å². The first kappa shape index (κ1) is 13.9. The smallest absolute Gasteiger partial charge is 0.408 e. The minimum absolute atomic E-state index is 0.285. The summed E-state index contributed by atoms with van der Waals surface area (Å²) in [7, 11) is 0. The van der Waals surface area contributed by atoms with Gasteiger partial charge in [-0.15, -0.1) is 0 Å². The second-order valence-corrected chi connectivity index (χ2v) is 5.38. The lowest BCUT2D eigenvalue weighted by molar-refractivity contribution is 0.0361. The third kappa shape index (κ3) is 2.90. The lowest BCUT2D eigenvalue weighted by Gasteiger charge is -2.27. The Morgan fingerprint density at radius 1 is 1.53 bits per heavy atom. The molecular formula is C13H16N2O3S. The molecule has 2 N–H and O–H groups in total. The Morgan fingerprint density at radius 2 is 2.21 bits per heavy atom. The number of aliphatic hydroxyl groups is 1. The molecule has 1 aliphatic heterocycles. The van der Waals surface area contributed by atoms with E-state index in [1.165, 1.54) is 11.8 Å². The molecule has 0 radical (unpaired) electrons. The van der Waals surface area contributed by atoms with Gasteiger partial charge in [0.2, 0.25) is 5.72 Å². The van der Waals surface area contributed by atoms with Gasteiger partial charge >= 0.3 is 6.09 Å². The SMILES string of the molecule is CCOC(=O)N[C@H]1SC(C)=N[C@@]1(O)c1ccccc1. The summed E-state index contributed by atoms with van der Waals surface area (Å²) in [5, 5.41) is 13.5. The van der Waals surface area contributed by atoms with Gasteiger partial charge in [-0.25, -0.2) is 9.79 Å². The Kier molecular flexibility index (Phi) is 4.11. The Labute approximate surface area is 116 Å². The number of carbonyl (C=O) groups excluding carboxylic acids is 1. The van der Waals surface area contributed by atoms with E-state index in [2.05, 4.69) is 10.3 Å². The molecule has 1 aromatic rings. The zero-order valence-corrected chi connectivity index (χ0v) is 11.6. The lowest BCUT2D eigenvalue weighted by Crippen LogP contribution is -2.45. The maximum absolute atomic E-state index is 11.5. The predicted molar refractivity (Wildman–Crippen MR) is 75.0 cm³/mol. The van der Waals surface area contributed by atoms with Gasteiger partial charge in [-0.05, 0) is 13.8 Å². The number of hydrogen-bond donors (Lipinski definition) is 2. The molecule has 0 saturated carbocycles. The fourth-order valence-electron chi connectivity index (χ4n) is 1.89. The number of nitrogens with zero attached hydrogens (tertiary/aromatic N) is 1. The van der Waals surface area contributed by atoms with Crippen LogP contribution < -0.4 is 5.32 Å². The fraction of sp³-hybridized carbons (Fsp3) is 0.385. The number of aliphatic imine (C=N–C) groups is 1. The summed E-state index contributed by atoms with van der Waals surface area (Å²) >= 11 is 1.31. The van der Waals surface area contributed by atoms with Crippen molar-refractivity contribution in [2.24, 2.45) is 4.99 Å². The third-order valence-electron chi connectivity index (χ3n) is 2.70. The van der Waals surface area contributed by atoms with E-state index in [9.17, 15) is 9.90 Å². The number of nitrogens with one attached hydrogen (secondary N) is 1. The first-order valence-electron chi connectivity index (χ1n) is 6.00. The van der Waals surface area contributed by atoms with Gasteiger partial charge in [-0.2, -0.15) is 0 Å². The van der Waals surface area contributed by atoms with Crippen molar-refractivity contribution in [3.8, 4) is 0 Å². The van der Waals surface area contributed by atoms with E-state index in [1.807, 2.05) is 18.2 Å². The van der Waals surface area contributed by atoms with E-state index in [0.717, 1.165) is 0 Å². The maximum atomic E-state index is 11.5. The molecule has 19 heavy (non-hydrogen) atoms. The summed E-state index contributed by atoms with van der Waals surface area (Å²) in [4.78, 5) is 15.8. The van der Waals surface area contributed by atoms with E-state index in [0.29, 0.717) is 10.6 Å². The maximum Gasteiger partial charge on any atom is 0.408 e. The molecule has 0 aliphatic carbocycles. The molecule has 1 aromatic carbocycles. The molecule has 1 amide bonds. The van der Waals surface area contributed by atoms with Crippen molar-refractivity contribution in [2.45, 2.75) is 24.9 Å². The van der Waals surface area contributed by atoms with Gasteiger partial charge in [0, 0.05) is 5.56 Å². The highest BCUT2D eigenvalue weighted by Gasteiger charge is 2.45. The second kappa shape index (κ2) is 5.63. The number of carbonyl (C=O) groups is 1. The zero-order valence-electron chi connectivity index (χ0n) is 10.8. The van der Waals surface area contributed by atoms with Crippen molar-refractivity contribution in [1.29, 1.82) is 0 Å². The largest absolute Gasteiger partial charge is 0.450 e. The number of amides is 1. The first-order valence-corrected chi connectivity index (χ1v) is 6.88. The normalized spacial score (nSPS) is 25.8. The molecule has 0 fully saturated rings. The molecule has 6 heteroatoms. The minimum atomic E-state index is -1.46. The molecule has 0 spiro atoms. The molecule has 1 heterocycles. The molecule has 2 atom stereocenters. The van der Waals surface area contributed by atoms with Crippen molar-refractivity contribution >= 4 is 22.9 Å². The van der Waals surface area contributed by atoms with Gasteiger partial charge in [-0.1, -0.05) is 42.1 Å². The average molecular weight is 280 g/mol. The molecule has 0 unspecified atom stereocenters. The van der Waals surface area contributed by atoms with Gasteiger partial charge in [0.1, 0.15) is 5.37 Å². The van der Waals surface area contributed by atoms with Crippen LogP contribution in [-0.2, 0) is 10.5 Å². The van der Waals surface area contributed by atoms with Crippen LogP contribution in [0.1, 0.15) is 19.4 Å². The summed E-state index contributed by atoms with van der Waals surface area (Å²) in [5.41, 5.74) is -0.816. The Hall–Kier alpha value is -1.53. The Morgan fingerprint density at radius 3 is 2.84 bits per heavy atom. The van der Waals surface area contributed by atoms with Gasteiger partial charge in [0.25, 0.3) is 0 Å². The van der Waals surface area contributed by atoms with E-state index in [4.69, 9.17) is 4.74 Å². The summed E-state index contributed by atoms with van der Waals surface area (Å²) in [6, 6.07) is 9.06. The van der Waals surface area contributed by atoms with Crippen molar-refractivity contribution in [2.75, 3.05) is 6.61 Å². The third-order valence-corrected chi connectivity index (χ3v) is 3.82. The van der Waals surface area contributed by atoms with Crippen LogP contribution >= 0.6 is 11.8 Å². The minimum Gasteiger partial charge on any atom is -0.450 e. The van der Waals surface area contributed by atoms with Crippen LogP contribution in [0.5, 0.6) is 0 Å². The second-order valence-electron chi connectivity index (χ2n) is 4.09. The summed E-state index contributed by atoms with van der Waals surface area (Å²) in [6.45, 7) is 3.81. The molecule has 0 bridgehead atoms. The quantitative estimate of drug-likeness (QED) is 0.889. The van der Waals surface area contributed by atoms with Crippen molar-refractivity contribution in [3.63, 3.8) is 0 Å². The number of hydrogen-bond acceptors (Lipinski definition) is 5. The summed E-state index contributed by atoms with van der Waals surface area (Å²) < 4.78 is 4.84. The van der Waals surface area contributed by atoms with Crippen LogP contribution in [0.3, 0.4) is 0 Å². The van der Waals surface area contributed by atoms with Gasteiger partial charge < -0.3 is 15.2 Å². The van der Waals surface area contributed by atoms with Crippen LogP contribution in [0.4, 0.5) is 4.79 Å². The molecule has 1 aliphatic rings. The number of benzene rings is 1. The standard InChI is InChI=1S/C13H16N2O3S/c1-3-18-12(16)14-11-13(17,15-9(2)19-11)10-7-5-4-6-8-10/h4-8,11,17H,3H2,1-2H3,(H,14,16)/t11-,13+/m0/s1. The topological polar surface area (TPSA) is 70.9 Å². The molecule has 0 saturated heterocycles. The number of rotatable bonds is 3. The van der Waals surface area contributed by atoms with Crippen molar-refractivity contribution in [1.82, 2.24) is 5.32 Å². The van der Waals surface area contributed by atoms with Gasteiger partial charge in [-0.3, -0.25) is 0 Å². The first-order chi connectivity index (χ1) is 9.06. The molecule has 0 aromatic heterocycles. The van der Waals surface area contributed by atoms with E-state index in [-0.39, 0.29) is 6.61 Å². The average Bonchev–Trinajstić information content (AvgIpc) is 2.67. The summed E-state index contributed by atoms with van der Waals surface area (Å²) in [5.74, 6) is 0. The Balaban J connectivity index is 2.23. The van der Waals surface area contributed by atoms with Crippen LogP contribution in [0, 0.1) is 0 Å². The van der Waals surface area contributed by atoms with E-state index >= 15 is 0 Å². The van der Waals surface area contributed by atoms with E-state index < -0.39 is 17.2 Å². The van der Waals surface area contributed by atoms with Crippen LogP contribution in [0.15, 0.2) is 35.3 Å². The predicted octanol–water partition coefficient (Wildman–Crippen LogP) is 2.07. The summed E-state index contributed by atoms with van der Waals surface area (Å²) in [6.07, 6.45) is -0.556. The zero-order chi connectivity index (χ0) is 13.9. The highest BCUT2D eigenvalue weighted by Crippen LogP contribution is 2.39. The molecular weight excluding hydrogens is 264 g/mol. The van der Waals surface area contributed by atoms with Crippen LogP contribution in [0.25, 0.3) is 0 Å². The van der Waals surface area contributed by atoms with Crippen LogP contribution in [0.2, 0.25) is 0 Å². The van der Waals surface area contributed by atoms with Crippen molar-refractivity contribution < 1.29 is 14.6 Å². The van der Waals surface area contributed by atoms with Gasteiger partial charge in [0.05, 0.1) is 11.7 Å². The number of thioether (sulfide) groups is 1. The molecule has 102 valence electrons. The Bertz CT molecular complexity index is 492. The highest BCUT2D eigenvalue weighted by molar-refractivity contribution is 8.14. The van der Waals surface area contributed by atoms with Gasteiger partial charge in [0.15, 0.2) is 0 Å². The monoisotopic (exact) mass is 280 g/mol. The number of ether oxygens (including phenoxy) is 1. The van der Waals surface area contributed by atoms with Crippen LogP contribution in [-0.4, -0.2) is 28.2 Å². The number of alkyl carbamates (subject to hydrolysis) is 1.